The van der Waals surface area contributed by atoms with Crippen molar-refractivity contribution in [3.8, 4) is 6.07 Å². The van der Waals surface area contributed by atoms with Crippen LogP contribution in [0.4, 0.5) is 10.7 Å². The Morgan fingerprint density at radius 3 is 2.80 bits per heavy atom. The number of anilines is 2. The molecule has 0 saturated heterocycles. The Balaban J connectivity index is 1.40. The van der Waals surface area contributed by atoms with Crippen LogP contribution in [-0.4, -0.2) is 32.3 Å². The highest BCUT2D eigenvalue weighted by molar-refractivity contribution is 7.99. The fraction of sp³-hybridized carbons (Fsp3) is 0.292. The molecule has 0 atom stereocenters. The van der Waals surface area contributed by atoms with Gasteiger partial charge in [0.1, 0.15) is 16.9 Å². The molecule has 35 heavy (non-hydrogen) atoms. The number of fused-ring (bicyclic) bond motifs is 1. The first-order valence-corrected chi connectivity index (χ1v) is 13.2. The molecule has 180 valence electrons. The number of hydrogen-bond acceptors (Lipinski definition) is 7. The van der Waals surface area contributed by atoms with Gasteiger partial charge in [0, 0.05) is 11.4 Å². The minimum absolute atomic E-state index is 0.00883. The fourth-order valence-electron chi connectivity index (χ4n) is 3.83. The third-order valence-corrected chi connectivity index (χ3v) is 7.94. The summed E-state index contributed by atoms with van der Waals surface area (Å²) in [7, 11) is 0. The van der Waals surface area contributed by atoms with Crippen LogP contribution >= 0.6 is 34.7 Å². The summed E-state index contributed by atoms with van der Waals surface area (Å²) in [5.74, 6) is 0.0382. The molecule has 2 N–H and O–H groups in total. The molecule has 0 aliphatic heterocycles. The number of nitrogens with one attached hydrogen (secondary N) is 2. The van der Waals surface area contributed by atoms with Gasteiger partial charge < -0.3 is 15.2 Å². The lowest BCUT2D eigenvalue weighted by Crippen LogP contribution is -2.18. The molecule has 2 heterocycles. The van der Waals surface area contributed by atoms with Crippen molar-refractivity contribution in [3.05, 3.63) is 63.8 Å². The summed E-state index contributed by atoms with van der Waals surface area (Å²) < 4.78 is 1.75. The zero-order valence-corrected chi connectivity index (χ0v) is 21.2. The van der Waals surface area contributed by atoms with Crippen LogP contribution in [0.2, 0.25) is 5.02 Å². The van der Waals surface area contributed by atoms with Gasteiger partial charge in [0.05, 0.1) is 28.4 Å². The second kappa shape index (κ2) is 11.5. The molecule has 11 heteroatoms. The van der Waals surface area contributed by atoms with Gasteiger partial charge in [-0.25, -0.2) is 0 Å². The first-order chi connectivity index (χ1) is 17.0. The van der Waals surface area contributed by atoms with E-state index in [4.69, 9.17) is 11.6 Å². The standard InChI is InChI=1S/C24H23ClN6O2S2/c1-2-11-31-20(12-21(32)27-18-9-5-4-8-17(18)25)29-30-24(31)34-14-22(33)28-23-16(13-26)15-7-3-6-10-19(15)35-23/h2,4-5,8-9H,1,3,6-7,10-12,14H2,(H,27,32)(H,28,33). The van der Waals surface area contributed by atoms with E-state index in [0.29, 0.717) is 38.8 Å². The molecule has 1 aromatic carbocycles. The highest BCUT2D eigenvalue weighted by Gasteiger charge is 2.22. The third-order valence-electron chi connectivity index (χ3n) is 5.44. The maximum Gasteiger partial charge on any atom is 0.235 e. The molecule has 2 aromatic heterocycles. The van der Waals surface area contributed by atoms with Gasteiger partial charge in [-0.2, -0.15) is 5.26 Å². The number of aryl methyl sites for hydroxylation is 1. The Labute approximate surface area is 216 Å². The van der Waals surface area contributed by atoms with E-state index in [1.165, 1.54) is 28.0 Å². The lowest BCUT2D eigenvalue weighted by atomic mass is 9.96. The molecule has 0 bridgehead atoms. The van der Waals surface area contributed by atoms with Gasteiger partial charge >= 0.3 is 0 Å². The van der Waals surface area contributed by atoms with Crippen molar-refractivity contribution < 1.29 is 9.59 Å². The lowest BCUT2D eigenvalue weighted by molar-refractivity contribution is -0.116. The van der Waals surface area contributed by atoms with Crippen LogP contribution in [0.15, 0.2) is 42.1 Å². The predicted molar refractivity (Wildman–Crippen MR) is 139 cm³/mol. The first kappa shape index (κ1) is 25.0. The van der Waals surface area contributed by atoms with E-state index in [2.05, 4.69) is 33.5 Å². The number of amides is 2. The molecule has 1 aliphatic carbocycles. The maximum absolute atomic E-state index is 12.7. The number of rotatable bonds is 9. The number of para-hydroxylation sites is 1. The molecule has 0 spiro atoms. The molecule has 0 radical (unpaired) electrons. The van der Waals surface area contributed by atoms with Crippen LogP contribution in [0.1, 0.15) is 34.7 Å². The maximum atomic E-state index is 12.7. The number of carbonyl (C=O) groups excluding carboxylic acids is 2. The molecular weight excluding hydrogens is 504 g/mol. The zero-order valence-electron chi connectivity index (χ0n) is 18.8. The van der Waals surface area contributed by atoms with Crippen molar-refractivity contribution in [1.82, 2.24) is 14.8 Å². The van der Waals surface area contributed by atoms with E-state index in [1.54, 1.807) is 34.9 Å². The average Bonchev–Trinajstić information content (AvgIpc) is 3.39. The van der Waals surface area contributed by atoms with Crippen molar-refractivity contribution in [3.63, 3.8) is 0 Å². The summed E-state index contributed by atoms with van der Waals surface area (Å²) in [5.41, 5.74) is 2.19. The van der Waals surface area contributed by atoms with Crippen LogP contribution in [0.3, 0.4) is 0 Å². The number of carbonyl (C=O) groups is 2. The van der Waals surface area contributed by atoms with E-state index >= 15 is 0 Å². The quantitative estimate of drug-likeness (QED) is 0.304. The summed E-state index contributed by atoms with van der Waals surface area (Å²) >= 11 is 8.83. The van der Waals surface area contributed by atoms with Gasteiger partial charge in [0.2, 0.25) is 11.8 Å². The van der Waals surface area contributed by atoms with E-state index < -0.39 is 0 Å². The molecule has 0 fully saturated rings. The summed E-state index contributed by atoms with van der Waals surface area (Å²) in [5, 5.41) is 25.2. The summed E-state index contributed by atoms with van der Waals surface area (Å²) in [6.07, 6.45) is 5.69. The van der Waals surface area contributed by atoms with Crippen LogP contribution in [0.25, 0.3) is 0 Å². The number of nitrogens with zero attached hydrogens (tertiary/aromatic N) is 4. The Hall–Kier alpha value is -3.13. The Kier molecular flexibility index (Phi) is 8.23. The van der Waals surface area contributed by atoms with Crippen LogP contribution < -0.4 is 10.6 Å². The van der Waals surface area contributed by atoms with E-state index in [9.17, 15) is 14.9 Å². The van der Waals surface area contributed by atoms with Crippen molar-refractivity contribution in [1.29, 1.82) is 5.26 Å². The molecule has 0 unspecified atom stereocenters. The predicted octanol–water partition coefficient (Wildman–Crippen LogP) is 4.84. The van der Waals surface area contributed by atoms with Gasteiger partial charge in [-0.15, -0.1) is 28.1 Å². The second-order valence-electron chi connectivity index (χ2n) is 7.87. The first-order valence-electron chi connectivity index (χ1n) is 11.0. The van der Waals surface area contributed by atoms with E-state index in [0.717, 1.165) is 31.2 Å². The smallest absolute Gasteiger partial charge is 0.235 e. The molecule has 3 aromatic rings. The molecule has 4 rings (SSSR count). The van der Waals surface area contributed by atoms with Crippen molar-refractivity contribution in [2.45, 2.75) is 43.8 Å². The van der Waals surface area contributed by atoms with E-state index in [-0.39, 0.29) is 24.0 Å². The number of hydrogen-bond donors (Lipinski definition) is 2. The number of thioether (sulfide) groups is 1. The van der Waals surface area contributed by atoms with Gasteiger partial charge in [0.25, 0.3) is 0 Å². The monoisotopic (exact) mass is 526 g/mol. The van der Waals surface area contributed by atoms with Crippen molar-refractivity contribution in [2.24, 2.45) is 0 Å². The minimum atomic E-state index is -0.282. The summed E-state index contributed by atoms with van der Waals surface area (Å²) in [6, 6.07) is 9.24. The molecular formula is C24H23ClN6O2S2. The largest absolute Gasteiger partial charge is 0.324 e. The number of halogens is 1. The molecule has 8 nitrogen and oxygen atoms in total. The average molecular weight is 527 g/mol. The fourth-order valence-corrected chi connectivity index (χ4v) is 6.04. The lowest BCUT2D eigenvalue weighted by Gasteiger charge is -2.09. The second-order valence-corrected chi connectivity index (χ2v) is 10.3. The third kappa shape index (κ3) is 5.93. The van der Waals surface area contributed by atoms with Crippen LogP contribution in [0, 0.1) is 11.3 Å². The van der Waals surface area contributed by atoms with Gasteiger partial charge in [-0.05, 0) is 43.4 Å². The minimum Gasteiger partial charge on any atom is -0.324 e. The number of thiophene rings is 1. The number of benzene rings is 1. The van der Waals surface area contributed by atoms with Gasteiger partial charge in [-0.3, -0.25) is 9.59 Å². The van der Waals surface area contributed by atoms with Crippen LogP contribution in [-0.2, 0) is 35.4 Å². The Morgan fingerprint density at radius 1 is 1.23 bits per heavy atom. The molecule has 0 saturated carbocycles. The van der Waals surface area contributed by atoms with Crippen molar-refractivity contribution >= 4 is 57.2 Å². The highest BCUT2D eigenvalue weighted by atomic mass is 35.5. The Bertz CT molecular complexity index is 1310. The van der Waals surface area contributed by atoms with Crippen LogP contribution in [0.5, 0.6) is 0 Å². The number of allylic oxidation sites excluding steroid dienone is 1. The van der Waals surface area contributed by atoms with Gasteiger partial charge in [-0.1, -0.05) is 41.6 Å². The molecule has 2 amide bonds. The number of nitriles is 1. The van der Waals surface area contributed by atoms with E-state index in [1.807, 2.05) is 0 Å². The van der Waals surface area contributed by atoms with Gasteiger partial charge in [0.15, 0.2) is 5.16 Å². The normalized spacial score (nSPS) is 12.5. The summed E-state index contributed by atoms with van der Waals surface area (Å²) in [4.78, 5) is 26.4. The number of aromatic nitrogens is 3. The highest BCUT2D eigenvalue weighted by Crippen LogP contribution is 2.37. The SMILES string of the molecule is C=CCn1c(CC(=O)Nc2ccccc2Cl)nnc1SCC(=O)Nc1sc2c(c1C#N)CCCC2. The zero-order chi connectivity index (χ0) is 24.8. The van der Waals surface area contributed by atoms with Crippen molar-refractivity contribution in [2.75, 3.05) is 16.4 Å². The summed E-state index contributed by atoms with van der Waals surface area (Å²) in [6.45, 7) is 4.16. The topological polar surface area (TPSA) is 113 Å². The Morgan fingerprint density at radius 2 is 2.03 bits per heavy atom. The molecule has 1 aliphatic rings.